The van der Waals surface area contributed by atoms with Crippen LogP contribution in [0.3, 0.4) is 0 Å². The number of thioether (sulfide) groups is 1. The number of hydrogen-bond donors (Lipinski definition) is 3. The molecule has 1 radical (unpaired) electrons. The first-order valence-electron chi connectivity index (χ1n) is 8.93. The van der Waals surface area contributed by atoms with Gasteiger partial charge in [0.25, 0.3) is 0 Å². The molecular weight excluding hydrogens is 507 g/mol. The first kappa shape index (κ1) is 25.2. The number of aliphatic hydroxyl groups excluding tert-OH is 2. The summed E-state index contributed by atoms with van der Waals surface area (Å²) in [6.07, 6.45) is 4.57. The van der Waals surface area contributed by atoms with Crippen LogP contribution >= 0.6 is 23.1 Å². The van der Waals surface area contributed by atoms with E-state index in [4.69, 9.17) is 0 Å². The van der Waals surface area contributed by atoms with Gasteiger partial charge in [-0.3, -0.25) is 0 Å². The maximum atomic E-state index is 12.2. The maximum Gasteiger partial charge on any atom is 0.245 e. The quantitative estimate of drug-likeness (QED) is 0.187. The second-order valence-corrected chi connectivity index (χ2v) is 10.9. The minimum atomic E-state index is -3.52. The second kappa shape index (κ2) is 11.0. The fraction of sp³-hybridized carbons (Fsp3) is 0.500. The van der Waals surface area contributed by atoms with Gasteiger partial charge in [-0.25, -0.2) is 18.3 Å². The minimum absolute atomic E-state index is 0. The van der Waals surface area contributed by atoms with E-state index in [0.717, 1.165) is 34.3 Å². The Hall–Kier alpha value is -0.0661. The van der Waals surface area contributed by atoms with Crippen molar-refractivity contribution in [3.05, 3.63) is 41.4 Å². The van der Waals surface area contributed by atoms with Gasteiger partial charge in [-0.1, -0.05) is 24.8 Å². The Labute approximate surface area is 205 Å². The first-order chi connectivity index (χ1) is 13.4. The predicted octanol–water partition coefficient (Wildman–Crippen LogP) is 2.20. The van der Waals surface area contributed by atoms with E-state index >= 15 is 0 Å². The summed E-state index contributed by atoms with van der Waals surface area (Å²) in [5.74, 6) is 0.656. The summed E-state index contributed by atoms with van der Waals surface area (Å²) in [7, 11) is -3.52. The number of thiazole rings is 1. The van der Waals surface area contributed by atoms with Gasteiger partial charge in [-0.05, 0) is 40.6 Å². The molecule has 3 N–H and O–H groups in total. The molecule has 0 amide bonds. The Kier molecular flexibility index (Phi) is 9.55. The summed E-state index contributed by atoms with van der Waals surface area (Å²) in [6.45, 7) is 0.386. The monoisotopic (exact) mass is 531 g/mol. The third kappa shape index (κ3) is 6.23. The van der Waals surface area contributed by atoms with E-state index in [2.05, 4.69) is 15.8 Å². The van der Waals surface area contributed by atoms with Crippen molar-refractivity contribution in [1.82, 2.24) is 10.4 Å². The molecule has 11 heteroatoms. The standard InChI is InChI=1S/C18H24N3O4S3.Y/c1-28(24,25)21(20-10-12-27-17-19-9-11-26-17)15-5-3-14(4-6-15)16(23)18(13-22)7-2-8-18;/h3-6,9,16,20,22-23H,2,7-8,10,12-13H2,1H3;/q-1;. The van der Waals surface area contributed by atoms with Crippen LogP contribution < -0.4 is 9.84 Å². The SMILES string of the molecule is CS(=O)(=O)N(NCCSc1nc[c-]s1)c1ccc(C(O)C2(CO)CCC2)cc1.[Y]. The number of rotatable bonds is 10. The zero-order chi connectivity index (χ0) is 20.2. The summed E-state index contributed by atoms with van der Waals surface area (Å²) >= 11 is 2.95. The number of benzene rings is 1. The average molecular weight is 532 g/mol. The topological polar surface area (TPSA) is 103 Å². The molecule has 3 rings (SSSR count). The van der Waals surface area contributed by atoms with E-state index < -0.39 is 21.5 Å². The Balaban J connectivity index is 0.00000300. The van der Waals surface area contributed by atoms with E-state index in [0.29, 0.717) is 23.5 Å². The zero-order valence-corrected chi connectivity index (χ0v) is 21.4. The molecule has 1 heterocycles. The molecule has 1 unspecified atom stereocenters. The third-order valence-corrected chi connectivity index (χ3v) is 7.84. The predicted molar refractivity (Wildman–Crippen MR) is 112 cm³/mol. The van der Waals surface area contributed by atoms with Crippen LogP contribution in [0.5, 0.6) is 0 Å². The van der Waals surface area contributed by atoms with E-state index in [1.807, 2.05) is 0 Å². The normalized spacial score (nSPS) is 16.5. The van der Waals surface area contributed by atoms with Gasteiger partial charge in [0.15, 0.2) is 0 Å². The molecule has 1 aliphatic carbocycles. The molecule has 0 bridgehead atoms. The molecule has 1 aromatic heterocycles. The second-order valence-electron chi connectivity index (χ2n) is 6.90. The van der Waals surface area contributed by atoms with Crippen LogP contribution in [0.15, 0.2) is 34.8 Å². The van der Waals surface area contributed by atoms with Crippen molar-refractivity contribution < 1.29 is 51.3 Å². The van der Waals surface area contributed by atoms with Crippen molar-refractivity contribution in [3.63, 3.8) is 0 Å². The fourth-order valence-electron chi connectivity index (χ4n) is 3.23. The van der Waals surface area contributed by atoms with Gasteiger partial charge in [0.1, 0.15) is 0 Å². The van der Waals surface area contributed by atoms with Crippen molar-refractivity contribution in [2.45, 2.75) is 29.7 Å². The largest absolute Gasteiger partial charge is 0.396 e. The van der Waals surface area contributed by atoms with Crippen LogP contribution in [0.4, 0.5) is 5.69 Å². The molecule has 0 aliphatic heterocycles. The molecule has 1 atom stereocenters. The van der Waals surface area contributed by atoms with Gasteiger partial charge in [0.05, 0.1) is 24.7 Å². The number of nitrogens with zero attached hydrogens (tertiary/aromatic N) is 2. The molecule has 157 valence electrons. The zero-order valence-electron chi connectivity index (χ0n) is 16.1. The van der Waals surface area contributed by atoms with Gasteiger partial charge in [0, 0.05) is 44.7 Å². The Morgan fingerprint density at radius 3 is 2.55 bits per heavy atom. The number of aliphatic hydroxyl groups is 2. The number of aromatic nitrogens is 1. The van der Waals surface area contributed by atoms with Crippen LogP contribution in [0.25, 0.3) is 0 Å². The van der Waals surface area contributed by atoms with Gasteiger partial charge in [-0.15, -0.1) is 0 Å². The van der Waals surface area contributed by atoms with Crippen molar-refractivity contribution in [3.8, 4) is 0 Å². The summed E-state index contributed by atoms with van der Waals surface area (Å²) in [4.78, 5) is 4.13. The van der Waals surface area contributed by atoms with Crippen LogP contribution in [0, 0.1) is 10.8 Å². The van der Waals surface area contributed by atoms with Crippen LogP contribution in [0.2, 0.25) is 0 Å². The molecule has 1 aliphatic rings. The Bertz CT molecular complexity index is 853. The van der Waals surface area contributed by atoms with Crippen molar-refractivity contribution in [1.29, 1.82) is 0 Å². The van der Waals surface area contributed by atoms with Crippen LogP contribution in [0.1, 0.15) is 30.9 Å². The van der Waals surface area contributed by atoms with E-state index in [1.54, 1.807) is 30.5 Å². The number of anilines is 1. The molecule has 2 aromatic rings. The molecular formula is C18H24N3O4S3Y-. The van der Waals surface area contributed by atoms with Crippen LogP contribution in [-0.2, 0) is 42.7 Å². The first-order valence-corrected chi connectivity index (χ1v) is 12.6. The molecule has 0 saturated heterocycles. The third-order valence-electron chi connectivity index (χ3n) is 4.97. The summed E-state index contributed by atoms with van der Waals surface area (Å²) in [6, 6.07) is 6.77. The molecule has 7 nitrogen and oxygen atoms in total. The number of nitrogens with one attached hydrogen (secondary N) is 1. The molecule has 1 fully saturated rings. The van der Waals surface area contributed by atoms with Crippen molar-refractivity contribution >= 4 is 38.8 Å². The Morgan fingerprint density at radius 1 is 1.38 bits per heavy atom. The summed E-state index contributed by atoms with van der Waals surface area (Å²) < 4.78 is 26.4. The number of sulfonamides is 1. The van der Waals surface area contributed by atoms with Gasteiger partial charge in [0.2, 0.25) is 10.0 Å². The Morgan fingerprint density at radius 2 is 2.07 bits per heavy atom. The van der Waals surface area contributed by atoms with Gasteiger partial charge >= 0.3 is 0 Å². The minimum Gasteiger partial charge on any atom is -0.396 e. The average Bonchev–Trinajstić information content (AvgIpc) is 3.14. The summed E-state index contributed by atoms with van der Waals surface area (Å²) in [5.41, 5.74) is 3.62. The van der Waals surface area contributed by atoms with Gasteiger partial charge in [-0.2, -0.15) is 17.1 Å². The van der Waals surface area contributed by atoms with Crippen LogP contribution in [-0.4, -0.2) is 48.8 Å². The smallest absolute Gasteiger partial charge is 0.245 e. The fourth-order valence-corrected chi connectivity index (χ4v) is 5.50. The number of hydrogen-bond acceptors (Lipinski definition) is 8. The van der Waals surface area contributed by atoms with E-state index in [9.17, 15) is 18.6 Å². The van der Waals surface area contributed by atoms with E-state index in [1.165, 1.54) is 23.1 Å². The molecule has 0 spiro atoms. The van der Waals surface area contributed by atoms with Crippen molar-refractivity contribution in [2.24, 2.45) is 5.41 Å². The molecule has 29 heavy (non-hydrogen) atoms. The molecule has 1 aromatic carbocycles. The summed E-state index contributed by atoms with van der Waals surface area (Å²) in [5, 5.41) is 23.2. The number of hydrazine groups is 1. The molecule has 1 saturated carbocycles. The maximum absolute atomic E-state index is 12.2. The van der Waals surface area contributed by atoms with E-state index in [-0.39, 0.29) is 39.3 Å². The van der Waals surface area contributed by atoms with Crippen molar-refractivity contribution in [2.75, 3.05) is 29.6 Å². The van der Waals surface area contributed by atoms with Gasteiger partial charge < -0.3 is 26.5 Å².